The SMILES string of the molecule is CN(C)c1cccc(S(=O)(=O)c2ccc([N+](=O)[O-])cc2)c1. The molecule has 6 nitrogen and oxygen atoms in total. The van der Waals surface area contributed by atoms with E-state index in [9.17, 15) is 18.5 Å². The summed E-state index contributed by atoms with van der Waals surface area (Å²) >= 11 is 0. The fourth-order valence-corrected chi connectivity index (χ4v) is 3.11. The lowest BCUT2D eigenvalue weighted by atomic mass is 10.3. The van der Waals surface area contributed by atoms with E-state index in [-0.39, 0.29) is 15.5 Å². The highest BCUT2D eigenvalue weighted by Crippen LogP contribution is 2.25. The van der Waals surface area contributed by atoms with Crippen molar-refractivity contribution in [1.29, 1.82) is 0 Å². The van der Waals surface area contributed by atoms with Crippen LogP contribution in [0.2, 0.25) is 0 Å². The zero-order valence-electron chi connectivity index (χ0n) is 11.6. The van der Waals surface area contributed by atoms with Crippen molar-refractivity contribution < 1.29 is 13.3 Å². The third-order valence-corrected chi connectivity index (χ3v) is 4.77. The second kappa shape index (κ2) is 5.53. The Hall–Kier alpha value is -2.41. The largest absolute Gasteiger partial charge is 0.378 e. The van der Waals surface area contributed by atoms with Crippen LogP contribution in [0.15, 0.2) is 58.3 Å². The summed E-state index contributed by atoms with van der Waals surface area (Å²) in [6, 6.07) is 11.4. The van der Waals surface area contributed by atoms with Crippen LogP contribution in [0.1, 0.15) is 0 Å². The fraction of sp³-hybridized carbons (Fsp3) is 0.143. The molecule has 0 aromatic heterocycles. The van der Waals surface area contributed by atoms with Gasteiger partial charge >= 0.3 is 0 Å². The van der Waals surface area contributed by atoms with Crippen LogP contribution < -0.4 is 4.90 Å². The monoisotopic (exact) mass is 306 g/mol. The summed E-state index contributed by atoms with van der Waals surface area (Å²) in [6.45, 7) is 0. The maximum Gasteiger partial charge on any atom is 0.269 e. The Morgan fingerprint density at radius 3 is 2.14 bits per heavy atom. The van der Waals surface area contributed by atoms with Gasteiger partial charge < -0.3 is 4.90 Å². The molecule has 0 spiro atoms. The smallest absolute Gasteiger partial charge is 0.269 e. The Kier molecular flexibility index (Phi) is 3.95. The first kappa shape index (κ1) is 15.0. The van der Waals surface area contributed by atoms with E-state index in [0.717, 1.165) is 5.69 Å². The molecule has 0 fully saturated rings. The molecule has 0 unspecified atom stereocenters. The normalized spacial score (nSPS) is 11.1. The van der Waals surface area contributed by atoms with Gasteiger partial charge in [-0.25, -0.2) is 8.42 Å². The van der Waals surface area contributed by atoms with Gasteiger partial charge in [0.05, 0.1) is 14.7 Å². The summed E-state index contributed by atoms with van der Waals surface area (Å²) in [5.74, 6) is 0. The van der Waals surface area contributed by atoms with Crippen molar-refractivity contribution in [2.75, 3.05) is 19.0 Å². The number of hydrogen-bond acceptors (Lipinski definition) is 5. The van der Waals surface area contributed by atoms with Gasteiger partial charge in [0.25, 0.3) is 5.69 Å². The van der Waals surface area contributed by atoms with Gasteiger partial charge in [0.2, 0.25) is 9.84 Å². The second-order valence-corrected chi connectivity index (χ2v) is 6.60. The van der Waals surface area contributed by atoms with Crippen LogP contribution in [0.4, 0.5) is 11.4 Å². The number of nitro groups is 1. The maximum atomic E-state index is 12.5. The van der Waals surface area contributed by atoms with Gasteiger partial charge in [-0.15, -0.1) is 0 Å². The van der Waals surface area contributed by atoms with Crippen LogP contribution in [0.5, 0.6) is 0 Å². The van der Waals surface area contributed by atoms with Crippen molar-refractivity contribution in [3.8, 4) is 0 Å². The molecule has 0 N–H and O–H groups in total. The number of sulfone groups is 1. The molecule has 0 saturated carbocycles. The minimum Gasteiger partial charge on any atom is -0.378 e. The number of nitro benzene ring substituents is 1. The standard InChI is InChI=1S/C14H14N2O4S/c1-15(2)12-4-3-5-14(10-12)21(19,20)13-8-6-11(7-9-13)16(17)18/h3-10H,1-2H3. The van der Waals surface area contributed by atoms with Crippen molar-refractivity contribution in [2.45, 2.75) is 9.79 Å². The van der Waals surface area contributed by atoms with Gasteiger partial charge in [-0.3, -0.25) is 10.1 Å². The number of rotatable bonds is 4. The molecule has 2 rings (SSSR count). The third-order valence-electron chi connectivity index (χ3n) is 3.00. The zero-order valence-corrected chi connectivity index (χ0v) is 12.4. The summed E-state index contributed by atoms with van der Waals surface area (Å²) in [4.78, 5) is 12.0. The highest BCUT2D eigenvalue weighted by Gasteiger charge is 2.19. The van der Waals surface area contributed by atoms with E-state index in [1.54, 1.807) is 23.1 Å². The molecule has 0 bridgehead atoms. The molecule has 0 aliphatic rings. The average molecular weight is 306 g/mol. The molecule has 0 amide bonds. The lowest BCUT2D eigenvalue weighted by Gasteiger charge is -2.13. The van der Waals surface area contributed by atoms with Gasteiger partial charge in [-0.05, 0) is 30.3 Å². The van der Waals surface area contributed by atoms with Crippen LogP contribution in [0.3, 0.4) is 0 Å². The highest BCUT2D eigenvalue weighted by molar-refractivity contribution is 7.91. The highest BCUT2D eigenvalue weighted by atomic mass is 32.2. The first-order chi connectivity index (χ1) is 9.82. The molecule has 21 heavy (non-hydrogen) atoms. The topological polar surface area (TPSA) is 80.5 Å². The fourth-order valence-electron chi connectivity index (χ4n) is 1.81. The molecule has 2 aromatic rings. The average Bonchev–Trinajstić information content (AvgIpc) is 2.47. The van der Waals surface area contributed by atoms with Gasteiger partial charge in [-0.1, -0.05) is 6.07 Å². The predicted molar refractivity (Wildman–Crippen MR) is 79.3 cm³/mol. The first-order valence-electron chi connectivity index (χ1n) is 6.09. The number of benzene rings is 2. The Bertz CT molecular complexity index is 768. The van der Waals surface area contributed by atoms with E-state index in [4.69, 9.17) is 0 Å². The number of hydrogen-bond donors (Lipinski definition) is 0. The number of non-ortho nitro benzene ring substituents is 1. The Morgan fingerprint density at radius 2 is 1.62 bits per heavy atom. The minimum atomic E-state index is -3.69. The summed E-state index contributed by atoms with van der Waals surface area (Å²) in [7, 11) is -0.0526. The molecule has 2 aromatic carbocycles. The van der Waals surface area contributed by atoms with E-state index >= 15 is 0 Å². The lowest BCUT2D eigenvalue weighted by Crippen LogP contribution is -2.10. The lowest BCUT2D eigenvalue weighted by molar-refractivity contribution is -0.384. The van der Waals surface area contributed by atoms with E-state index in [1.807, 2.05) is 14.1 Å². The molecule has 0 aliphatic carbocycles. The second-order valence-electron chi connectivity index (χ2n) is 4.65. The molecule has 0 radical (unpaired) electrons. The van der Waals surface area contributed by atoms with Crippen molar-refractivity contribution in [2.24, 2.45) is 0 Å². The van der Waals surface area contributed by atoms with E-state index < -0.39 is 14.8 Å². The maximum absolute atomic E-state index is 12.5. The molecular weight excluding hydrogens is 292 g/mol. The quantitative estimate of drug-likeness (QED) is 0.640. The number of anilines is 1. The molecule has 0 atom stereocenters. The Labute approximate surface area is 122 Å². The van der Waals surface area contributed by atoms with E-state index in [0.29, 0.717) is 0 Å². The number of nitrogens with zero attached hydrogens (tertiary/aromatic N) is 2. The van der Waals surface area contributed by atoms with Crippen molar-refractivity contribution in [3.05, 3.63) is 58.6 Å². The van der Waals surface area contributed by atoms with Crippen molar-refractivity contribution in [3.63, 3.8) is 0 Å². The summed E-state index contributed by atoms with van der Waals surface area (Å²) in [5.41, 5.74) is 0.619. The van der Waals surface area contributed by atoms with Gasteiger partial charge in [0.15, 0.2) is 0 Å². The minimum absolute atomic E-state index is 0.0315. The van der Waals surface area contributed by atoms with Crippen LogP contribution in [0.25, 0.3) is 0 Å². The van der Waals surface area contributed by atoms with E-state index in [2.05, 4.69) is 0 Å². The van der Waals surface area contributed by atoms with Crippen LogP contribution in [-0.4, -0.2) is 27.4 Å². The van der Waals surface area contributed by atoms with Crippen LogP contribution in [0, 0.1) is 10.1 Å². The zero-order chi connectivity index (χ0) is 15.6. The Balaban J connectivity index is 2.46. The first-order valence-corrected chi connectivity index (χ1v) is 7.57. The van der Waals surface area contributed by atoms with Crippen LogP contribution in [-0.2, 0) is 9.84 Å². The summed E-state index contributed by atoms with van der Waals surface area (Å²) < 4.78 is 25.0. The predicted octanol–water partition coefficient (Wildman–Crippen LogP) is 2.49. The van der Waals surface area contributed by atoms with Crippen molar-refractivity contribution in [1.82, 2.24) is 0 Å². The van der Waals surface area contributed by atoms with E-state index in [1.165, 1.54) is 30.3 Å². The van der Waals surface area contributed by atoms with Gasteiger partial charge in [-0.2, -0.15) is 0 Å². The summed E-state index contributed by atoms with van der Waals surface area (Å²) in [6.07, 6.45) is 0. The molecule has 110 valence electrons. The third kappa shape index (κ3) is 3.03. The molecule has 0 heterocycles. The van der Waals surface area contributed by atoms with Crippen molar-refractivity contribution >= 4 is 21.2 Å². The summed E-state index contributed by atoms with van der Waals surface area (Å²) in [5, 5.41) is 10.6. The molecule has 0 saturated heterocycles. The molecule has 0 aliphatic heterocycles. The molecular formula is C14H14N2O4S. The Morgan fingerprint density at radius 1 is 1.00 bits per heavy atom. The van der Waals surface area contributed by atoms with Gasteiger partial charge in [0, 0.05) is 31.9 Å². The molecule has 7 heteroatoms. The van der Waals surface area contributed by atoms with Crippen LogP contribution >= 0.6 is 0 Å². The van der Waals surface area contributed by atoms with Gasteiger partial charge in [0.1, 0.15) is 0 Å².